The van der Waals surface area contributed by atoms with E-state index < -0.39 is 134 Å². The second kappa shape index (κ2) is 16.7. The molecule has 0 bridgehead atoms. The van der Waals surface area contributed by atoms with E-state index in [9.17, 15) is 51.1 Å². The number of fused-ring (bicyclic) bond motifs is 7. The number of allylic oxidation sites excluding steroid dienone is 1. The molecule has 26 atom stereocenters. The number of hydrogen-bond donors (Lipinski definition) is 10. The number of aliphatic hydroxyl groups excluding tert-OH is 9. The maximum Gasteiger partial charge on any atom is 0.187 e. The monoisotopic (exact) mass is 886 g/mol. The molecule has 0 aromatic rings. The Labute approximate surface area is 362 Å². The molecule has 5 heterocycles. The van der Waals surface area contributed by atoms with Gasteiger partial charge in [-0.3, -0.25) is 0 Å². The van der Waals surface area contributed by atoms with Crippen LogP contribution in [-0.4, -0.2) is 187 Å². The van der Waals surface area contributed by atoms with Gasteiger partial charge in [-0.2, -0.15) is 0 Å². The van der Waals surface area contributed by atoms with E-state index in [-0.39, 0.29) is 36.2 Å². The smallest absolute Gasteiger partial charge is 0.187 e. The molecule has 0 unspecified atom stereocenters. The molecule has 18 heteroatoms. The Morgan fingerprint density at radius 2 is 1.47 bits per heavy atom. The Balaban J connectivity index is 0.938. The van der Waals surface area contributed by atoms with E-state index in [1.807, 2.05) is 0 Å². The third-order valence-electron chi connectivity index (χ3n) is 17.7. The summed E-state index contributed by atoms with van der Waals surface area (Å²) in [5, 5.41) is 110. The van der Waals surface area contributed by atoms with Crippen LogP contribution in [0.15, 0.2) is 11.6 Å². The van der Waals surface area contributed by atoms with Gasteiger partial charge in [-0.25, -0.2) is 0 Å². The Morgan fingerprint density at radius 3 is 2.18 bits per heavy atom. The minimum Gasteiger partial charge on any atom is -0.394 e. The summed E-state index contributed by atoms with van der Waals surface area (Å²) < 4.78 is 49.2. The molecule has 0 aromatic heterocycles. The highest BCUT2D eigenvalue weighted by Crippen LogP contribution is 2.72. The first kappa shape index (κ1) is 46.1. The molecule has 5 saturated heterocycles. The van der Waals surface area contributed by atoms with E-state index in [1.54, 1.807) is 0 Å². The molecule has 1 spiro atoms. The molecule has 5 aliphatic heterocycles. The molecule has 9 rings (SSSR count). The van der Waals surface area contributed by atoms with Gasteiger partial charge in [0.05, 0.1) is 44.2 Å². The first-order valence-corrected chi connectivity index (χ1v) is 23.0. The van der Waals surface area contributed by atoms with Crippen LogP contribution in [0.2, 0.25) is 0 Å². The lowest BCUT2D eigenvalue weighted by Gasteiger charge is -2.61. The zero-order chi connectivity index (χ0) is 44.4. The van der Waals surface area contributed by atoms with Crippen LogP contribution >= 0.6 is 0 Å². The minimum absolute atomic E-state index is 0.126. The summed E-state index contributed by atoms with van der Waals surface area (Å²) in [7, 11) is 0. The lowest BCUT2D eigenvalue weighted by atomic mass is 9.45. The quantitative estimate of drug-likeness (QED) is 0.137. The second-order valence-electron chi connectivity index (χ2n) is 20.8. The third kappa shape index (κ3) is 6.95. The van der Waals surface area contributed by atoms with Crippen molar-refractivity contribution in [3.05, 3.63) is 11.6 Å². The van der Waals surface area contributed by atoms with Gasteiger partial charge in [0.2, 0.25) is 0 Å². The number of ether oxygens (including phenoxy) is 8. The van der Waals surface area contributed by atoms with Gasteiger partial charge in [-0.1, -0.05) is 39.3 Å². The van der Waals surface area contributed by atoms with Crippen molar-refractivity contribution >= 4 is 0 Å². The Kier molecular flexibility index (Phi) is 12.4. The molecule has 354 valence electrons. The number of rotatable bonds is 7. The summed E-state index contributed by atoms with van der Waals surface area (Å²) in [5.74, 6) is -0.00663. The summed E-state index contributed by atoms with van der Waals surface area (Å²) in [4.78, 5) is 0. The van der Waals surface area contributed by atoms with Gasteiger partial charge in [-0.15, -0.1) is 0 Å². The highest BCUT2D eigenvalue weighted by molar-refractivity contribution is 5.30. The summed E-state index contributed by atoms with van der Waals surface area (Å²) >= 11 is 0. The standard InChI is InChI=1S/C44H70O18/c1-18-8-11-43(56-16-18)20(3)44(54)29(62-43)14-25-23-7-6-21-12-22(13-28(47)42(21,5)24(23)9-10-41(25,44)4)58-40-37(61-39-34(52)32(50)30(48)19(2)57-39)35(53)36(27(15-45)59-40)60-38-33(51)31(49)26(46)17-55-38/h6,18-20,22-40,45-54H,7-17H2,1-5H3/t18-,19+,20-,22-,23-,24+,25+,26-,27-,28-,29+,30+,31+,32-,33-,34-,35+,36-,37-,38+,39+,40-,41+,42+,43-,44-/m1/s1. The summed E-state index contributed by atoms with van der Waals surface area (Å²) in [6, 6.07) is 0. The molecule has 9 aliphatic rings. The molecule has 18 nitrogen and oxygen atoms in total. The topological polar surface area (TPSA) is 276 Å². The van der Waals surface area contributed by atoms with Gasteiger partial charge in [0.1, 0.15) is 66.6 Å². The van der Waals surface area contributed by atoms with Crippen molar-refractivity contribution in [3.8, 4) is 0 Å². The van der Waals surface area contributed by atoms with E-state index in [4.69, 9.17) is 37.9 Å². The van der Waals surface area contributed by atoms with Crippen molar-refractivity contribution in [3.63, 3.8) is 0 Å². The van der Waals surface area contributed by atoms with Crippen LogP contribution in [0.5, 0.6) is 0 Å². The lowest BCUT2D eigenvalue weighted by Crippen LogP contribution is -2.66. The van der Waals surface area contributed by atoms with E-state index in [0.717, 1.165) is 44.1 Å². The normalized spacial score (nSPS) is 58.9. The van der Waals surface area contributed by atoms with Gasteiger partial charge in [0, 0.05) is 29.6 Å². The van der Waals surface area contributed by atoms with Crippen molar-refractivity contribution in [1.82, 2.24) is 0 Å². The SMILES string of the molecule is C[C@@H]1CC[C@@]2(OC1)O[C@H]1C[C@H]3[C@@H]4CC=C5C[C@@H](O[C@@H]6O[C@H](CO)[C@@H](O[C@@H]7OC[C@@H](O)[C@H](O)[C@H]7O)[C@H](O)[C@H]6O[C@@H]6O[C@@H](C)[C@H](O)[C@@H](O)[C@H]6O)C[C@@H](O)[C@]5(C)[C@H]4CC[C@]3(C)[C@@]1(O)[C@@H]2C. The van der Waals surface area contributed by atoms with Crippen LogP contribution in [0.1, 0.15) is 86.0 Å². The fraction of sp³-hybridized carbons (Fsp3) is 0.955. The van der Waals surface area contributed by atoms with Crippen molar-refractivity contribution in [2.45, 2.75) is 202 Å². The predicted molar refractivity (Wildman–Crippen MR) is 211 cm³/mol. The highest BCUT2D eigenvalue weighted by atomic mass is 16.8. The molecule has 10 N–H and O–H groups in total. The van der Waals surface area contributed by atoms with Gasteiger partial charge < -0.3 is 89.0 Å². The maximum absolute atomic E-state index is 12.8. The lowest BCUT2D eigenvalue weighted by molar-refractivity contribution is -0.386. The molecule has 4 aliphatic carbocycles. The van der Waals surface area contributed by atoms with Gasteiger partial charge >= 0.3 is 0 Å². The average molecular weight is 887 g/mol. The van der Waals surface area contributed by atoms with E-state index >= 15 is 0 Å². The van der Waals surface area contributed by atoms with Crippen molar-refractivity contribution in [2.24, 2.45) is 40.4 Å². The van der Waals surface area contributed by atoms with E-state index in [1.165, 1.54) is 6.92 Å². The van der Waals surface area contributed by atoms with Gasteiger partial charge in [-0.05, 0) is 69.1 Å². The second-order valence-corrected chi connectivity index (χ2v) is 20.8. The average Bonchev–Trinajstić information content (AvgIpc) is 3.60. The van der Waals surface area contributed by atoms with Crippen LogP contribution in [0.3, 0.4) is 0 Å². The van der Waals surface area contributed by atoms with Crippen molar-refractivity contribution in [1.29, 1.82) is 0 Å². The van der Waals surface area contributed by atoms with Gasteiger partial charge in [0.15, 0.2) is 24.7 Å². The van der Waals surface area contributed by atoms with Crippen LogP contribution < -0.4 is 0 Å². The molecular weight excluding hydrogens is 816 g/mol. The Bertz CT molecular complexity index is 1650. The van der Waals surface area contributed by atoms with Crippen molar-refractivity contribution in [2.75, 3.05) is 19.8 Å². The Hall–Kier alpha value is -0.980. The summed E-state index contributed by atoms with van der Waals surface area (Å²) in [6.45, 7) is 9.65. The van der Waals surface area contributed by atoms with Crippen LogP contribution in [-0.2, 0) is 37.9 Å². The van der Waals surface area contributed by atoms with E-state index in [2.05, 4.69) is 33.8 Å². The minimum atomic E-state index is -1.76. The molecule has 8 fully saturated rings. The Morgan fingerprint density at radius 1 is 0.742 bits per heavy atom. The number of hydrogen-bond acceptors (Lipinski definition) is 18. The fourth-order valence-corrected chi connectivity index (χ4v) is 13.7. The zero-order valence-corrected chi connectivity index (χ0v) is 36.3. The molecule has 0 radical (unpaired) electrons. The largest absolute Gasteiger partial charge is 0.394 e. The molecule has 62 heavy (non-hydrogen) atoms. The van der Waals surface area contributed by atoms with Crippen LogP contribution in [0.4, 0.5) is 0 Å². The molecule has 3 saturated carbocycles. The van der Waals surface area contributed by atoms with Gasteiger partial charge in [0.25, 0.3) is 0 Å². The van der Waals surface area contributed by atoms with E-state index in [0.29, 0.717) is 18.9 Å². The number of aliphatic hydroxyl groups is 10. The first-order chi connectivity index (χ1) is 29.3. The zero-order valence-electron chi connectivity index (χ0n) is 36.3. The predicted octanol–water partition coefficient (Wildman–Crippen LogP) is -1.06. The molecular formula is C44H70O18. The first-order valence-electron chi connectivity index (χ1n) is 23.0. The third-order valence-corrected chi connectivity index (χ3v) is 17.7. The maximum atomic E-state index is 12.8. The fourth-order valence-electron chi connectivity index (χ4n) is 13.7. The summed E-state index contributed by atoms with van der Waals surface area (Å²) in [5.41, 5.74) is -1.00. The highest BCUT2D eigenvalue weighted by Gasteiger charge is 2.76. The molecule has 0 amide bonds. The van der Waals surface area contributed by atoms with Crippen molar-refractivity contribution < 1.29 is 89.0 Å². The summed E-state index contributed by atoms with van der Waals surface area (Å²) in [6.07, 6.45) is -15.5. The molecule has 0 aromatic carbocycles. The van der Waals surface area contributed by atoms with Crippen LogP contribution in [0.25, 0.3) is 0 Å². The van der Waals surface area contributed by atoms with Crippen LogP contribution in [0, 0.1) is 40.4 Å².